The van der Waals surface area contributed by atoms with E-state index in [1.165, 1.54) is 6.07 Å². The number of sulfone groups is 1. The van der Waals surface area contributed by atoms with Gasteiger partial charge < -0.3 is 14.3 Å². The fraction of sp³-hybridized carbons (Fsp3) is 0.583. The molecule has 1 aliphatic rings. The van der Waals surface area contributed by atoms with Crippen molar-refractivity contribution in [1.82, 2.24) is 0 Å². The fourth-order valence-electron chi connectivity index (χ4n) is 2.14. The molecule has 1 N–H and O–H groups in total. The molecule has 106 valence electrons. The third-order valence-electron chi connectivity index (χ3n) is 3.26. The highest BCUT2D eigenvalue weighted by molar-refractivity contribution is 7.91. The van der Waals surface area contributed by atoms with E-state index in [4.69, 9.17) is 14.3 Å². The van der Waals surface area contributed by atoms with Crippen molar-refractivity contribution in [3.8, 4) is 0 Å². The van der Waals surface area contributed by atoms with E-state index >= 15 is 0 Å². The number of hydrogen-bond donors (Lipinski definition) is 1. The molecule has 0 aliphatic carbocycles. The molecule has 0 bridgehead atoms. The van der Waals surface area contributed by atoms with E-state index in [1.54, 1.807) is 6.92 Å². The van der Waals surface area contributed by atoms with Crippen LogP contribution >= 0.6 is 0 Å². The molecule has 2 heterocycles. The van der Waals surface area contributed by atoms with Crippen LogP contribution in [0.3, 0.4) is 0 Å². The van der Waals surface area contributed by atoms with Gasteiger partial charge in [0.15, 0.2) is 9.84 Å². The summed E-state index contributed by atoms with van der Waals surface area (Å²) in [5, 5.41) is 8.40. The first-order chi connectivity index (χ1) is 8.90. The highest BCUT2D eigenvalue weighted by Gasteiger charge is 2.29. The van der Waals surface area contributed by atoms with Gasteiger partial charge in [-0.15, -0.1) is 0 Å². The number of aryl methyl sites for hydroxylation is 1. The Hall–Kier alpha value is -1.34. The van der Waals surface area contributed by atoms with Gasteiger partial charge in [0.1, 0.15) is 5.76 Å². The lowest BCUT2D eigenvalue weighted by Crippen LogP contribution is -2.29. The van der Waals surface area contributed by atoms with Crippen LogP contribution < -0.4 is 0 Å². The Bertz CT molecular complexity index is 565. The minimum atomic E-state index is -3.30. The summed E-state index contributed by atoms with van der Waals surface area (Å²) >= 11 is 0. The number of carboxylic acids is 1. The van der Waals surface area contributed by atoms with E-state index in [9.17, 15) is 13.2 Å². The van der Waals surface area contributed by atoms with Crippen molar-refractivity contribution in [3.05, 3.63) is 23.2 Å². The molecule has 1 aliphatic heterocycles. The molecular weight excluding hydrogens is 272 g/mol. The lowest BCUT2D eigenvalue weighted by molar-refractivity contribution is 0.0661. The smallest absolute Gasteiger partial charge is 0.371 e. The summed E-state index contributed by atoms with van der Waals surface area (Å²) in [6, 6.07) is 1.29. The van der Waals surface area contributed by atoms with Gasteiger partial charge in [0.2, 0.25) is 5.76 Å². The number of carbonyl (C=O) groups is 1. The first-order valence-electron chi connectivity index (χ1n) is 6.02. The molecule has 1 aromatic heterocycles. The normalized spacial score (nSPS) is 17.5. The summed E-state index contributed by atoms with van der Waals surface area (Å²) in [6.07, 6.45) is 0.982. The van der Waals surface area contributed by atoms with Gasteiger partial charge >= 0.3 is 5.97 Å². The van der Waals surface area contributed by atoms with Crippen molar-refractivity contribution >= 4 is 15.8 Å². The zero-order valence-electron chi connectivity index (χ0n) is 10.6. The molecule has 1 fully saturated rings. The number of carboxylic acid groups (broad SMARTS) is 1. The van der Waals surface area contributed by atoms with E-state index in [2.05, 4.69) is 0 Å². The third kappa shape index (κ3) is 3.16. The van der Waals surface area contributed by atoms with Gasteiger partial charge in [-0.1, -0.05) is 0 Å². The van der Waals surface area contributed by atoms with Gasteiger partial charge in [-0.3, -0.25) is 0 Å². The number of rotatable bonds is 4. The Labute approximate surface area is 111 Å². The van der Waals surface area contributed by atoms with Gasteiger partial charge in [0.05, 0.1) is 11.0 Å². The van der Waals surface area contributed by atoms with Gasteiger partial charge in [-0.25, -0.2) is 13.2 Å². The van der Waals surface area contributed by atoms with Crippen molar-refractivity contribution in [2.24, 2.45) is 0 Å². The average molecular weight is 288 g/mol. The van der Waals surface area contributed by atoms with Crippen LogP contribution in [0.1, 0.15) is 34.7 Å². The van der Waals surface area contributed by atoms with Gasteiger partial charge in [0.25, 0.3) is 0 Å². The fourth-order valence-corrected chi connectivity index (χ4v) is 4.00. The van der Waals surface area contributed by atoms with E-state index in [1.807, 2.05) is 0 Å². The first kappa shape index (κ1) is 14.1. The van der Waals surface area contributed by atoms with E-state index in [-0.39, 0.29) is 11.5 Å². The molecule has 2 rings (SSSR count). The number of ether oxygens (including phenoxy) is 1. The second-order valence-electron chi connectivity index (χ2n) is 4.62. The summed E-state index contributed by atoms with van der Waals surface area (Å²) in [4.78, 5) is 10.8. The average Bonchev–Trinajstić information content (AvgIpc) is 2.72. The summed E-state index contributed by atoms with van der Waals surface area (Å²) in [6.45, 7) is 2.48. The second kappa shape index (κ2) is 5.34. The summed E-state index contributed by atoms with van der Waals surface area (Å²) in [5.74, 6) is -1.26. The molecule has 0 atom stereocenters. The quantitative estimate of drug-likeness (QED) is 0.899. The minimum Gasteiger partial charge on any atom is -0.475 e. The Kier molecular flexibility index (Phi) is 3.96. The summed E-state index contributed by atoms with van der Waals surface area (Å²) in [5.41, 5.74) is 0.420. The van der Waals surface area contributed by atoms with Crippen molar-refractivity contribution in [2.75, 3.05) is 13.2 Å². The Balaban J connectivity index is 2.17. The zero-order valence-corrected chi connectivity index (χ0v) is 11.4. The van der Waals surface area contributed by atoms with Crippen LogP contribution in [-0.2, 0) is 20.3 Å². The van der Waals surface area contributed by atoms with E-state index in [0.29, 0.717) is 37.4 Å². The van der Waals surface area contributed by atoms with Gasteiger partial charge in [-0.2, -0.15) is 0 Å². The lowest BCUT2D eigenvalue weighted by atomic mass is 10.2. The molecule has 0 spiro atoms. The van der Waals surface area contributed by atoms with Crippen molar-refractivity contribution in [1.29, 1.82) is 0 Å². The predicted molar refractivity (Wildman–Crippen MR) is 66.9 cm³/mol. The zero-order chi connectivity index (χ0) is 14.0. The monoisotopic (exact) mass is 288 g/mol. The summed E-state index contributed by atoms with van der Waals surface area (Å²) < 4.78 is 34.6. The molecular formula is C12H16O6S. The predicted octanol–water partition coefficient (Wildman–Crippen LogP) is 1.38. The first-order valence-corrected chi connectivity index (χ1v) is 7.73. The molecule has 0 unspecified atom stereocenters. The van der Waals surface area contributed by atoms with Crippen molar-refractivity contribution in [3.63, 3.8) is 0 Å². The van der Waals surface area contributed by atoms with Crippen molar-refractivity contribution < 1.29 is 27.5 Å². The van der Waals surface area contributed by atoms with Gasteiger partial charge in [-0.05, 0) is 25.8 Å². The van der Waals surface area contributed by atoms with Crippen LogP contribution in [0.4, 0.5) is 0 Å². The molecule has 6 nitrogen and oxygen atoms in total. The van der Waals surface area contributed by atoms with Crippen molar-refractivity contribution in [2.45, 2.75) is 30.8 Å². The highest BCUT2D eigenvalue weighted by Crippen LogP contribution is 2.23. The number of aromatic carboxylic acids is 1. The van der Waals surface area contributed by atoms with Crippen LogP contribution in [0.15, 0.2) is 10.5 Å². The van der Waals surface area contributed by atoms with Crippen LogP contribution in [0.5, 0.6) is 0 Å². The van der Waals surface area contributed by atoms with Crippen LogP contribution in [0.25, 0.3) is 0 Å². The Morgan fingerprint density at radius 2 is 2.05 bits per heavy atom. The minimum absolute atomic E-state index is 0.180. The molecule has 1 aromatic rings. The molecule has 7 heteroatoms. The summed E-state index contributed by atoms with van der Waals surface area (Å²) in [7, 11) is -3.30. The third-order valence-corrected chi connectivity index (χ3v) is 5.46. The number of furan rings is 1. The largest absolute Gasteiger partial charge is 0.475 e. The lowest BCUT2D eigenvalue weighted by Gasteiger charge is -2.21. The Morgan fingerprint density at radius 1 is 1.42 bits per heavy atom. The second-order valence-corrected chi connectivity index (χ2v) is 6.90. The molecule has 0 radical (unpaired) electrons. The Morgan fingerprint density at radius 3 is 2.58 bits per heavy atom. The molecule has 19 heavy (non-hydrogen) atoms. The maximum absolute atomic E-state index is 12.2. The van der Waals surface area contributed by atoms with Crippen LogP contribution in [0, 0.1) is 6.92 Å². The van der Waals surface area contributed by atoms with Gasteiger partial charge in [0, 0.05) is 18.8 Å². The van der Waals surface area contributed by atoms with Crippen LogP contribution in [-0.4, -0.2) is 38.0 Å². The van der Waals surface area contributed by atoms with E-state index < -0.39 is 21.1 Å². The number of hydrogen-bond acceptors (Lipinski definition) is 5. The molecule has 1 saturated heterocycles. The molecule has 0 saturated carbocycles. The standard InChI is InChI=1S/C12H16O6S/c1-8-9(6-11(18-8)12(13)14)7-19(15,16)10-2-4-17-5-3-10/h6,10H,2-5,7H2,1H3,(H,13,14). The molecule has 0 amide bonds. The topological polar surface area (TPSA) is 93.8 Å². The van der Waals surface area contributed by atoms with Crippen LogP contribution in [0.2, 0.25) is 0 Å². The molecule has 0 aromatic carbocycles. The highest BCUT2D eigenvalue weighted by atomic mass is 32.2. The van der Waals surface area contributed by atoms with E-state index in [0.717, 1.165) is 0 Å². The maximum Gasteiger partial charge on any atom is 0.371 e. The SMILES string of the molecule is Cc1oc(C(=O)O)cc1CS(=O)(=O)C1CCOCC1. The maximum atomic E-state index is 12.2.